The fraction of sp³-hybridized carbons (Fsp3) is 1.00. The first-order valence-corrected chi connectivity index (χ1v) is 5.10. The molecule has 0 radical (unpaired) electrons. The van der Waals surface area contributed by atoms with Crippen LogP contribution in [0, 0.1) is 0 Å². The molecule has 4 heteroatoms. The van der Waals surface area contributed by atoms with Crippen LogP contribution in [0.15, 0.2) is 0 Å². The lowest BCUT2D eigenvalue weighted by molar-refractivity contribution is -0.0986. The number of methoxy groups -OCH3 is 3. The van der Waals surface area contributed by atoms with Gasteiger partial charge in [-0.25, -0.2) is 0 Å². The molecule has 0 spiro atoms. The Morgan fingerprint density at radius 3 is 2.29 bits per heavy atom. The van der Waals surface area contributed by atoms with E-state index >= 15 is 0 Å². The second-order valence-corrected chi connectivity index (χ2v) is 3.16. The number of hydrogen-bond donors (Lipinski definition) is 1. The van der Waals surface area contributed by atoms with E-state index in [0.717, 1.165) is 26.1 Å². The van der Waals surface area contributed by atoms with Crippen LogP contribution in [0.25, 0.3) is 0 Å². The Hall–Kier alpha value is -0.160. The lowest BCUT2D eigenvalue weighted by atomic mass is 10.2. The minimum absolute atomic E-state index is 0.131. The number of rotatable bonds is 10. The molecule has 0 aliphatic carbocycles. The van der Waals surface area contributed by atoms with Crippen LogP contribution in [-0.2, 0) is 14.2 Å². The molecule has 0 aromatic heterocycles. The average Bonchev–Trinajstić information content (AvgIpc) is 2.22. The zero-order valence-corrected chi connectivity index (χ0v) is 9.54. The summed E-state index contributed by atoms with van der Waals surface area (Å²) < 4.78 is 15.0. The minimum Gasteiger partial charge on any atom is -0.385 e. The van der Waals surface area contributed by atoms with Crippen molar-refractivity contribution in [3.63, 3.8) is 0 Å². The summed E-state index contributed by atoms with van der Waals surface area (Å²) in [4.78, 5) is 0. The largest absolute Gasteiger partial charge is 0.385 e. The van der Waals surface area contributed by atoms with Crippen molar-refractivity contribution in [3.8, 4) is 0 Å². The van der Waals surface area contributed by atoms with E-state index < -0.39 is 0 Å². The van der Waals surface area contributed by atoms with Gasteiger partial charge in [0.2, 0.25) is 0 Å². The van der Waals surface area contributed by atoms with Gasteiger partial charge in [-0.3, -0.25) is 0 Å². The second-order valence-electron chi connectivity index (χ2n) is 3.16. The molecule has 0 aromatic rings. The van der Waals surface area contributed by atoms with Gasteiger partial charge in [0.15, 0.2) is 6.29 Å². The molecule has 0 aliphatic heterocycles. The summed E-state index contributed by atoms with van der Waals surface area (Å²) in [5.41, 5.74) is 0. The van der Waals surface area contributed by atoms with E-state index in [4.69, 9.17) is 14.2 Å². The smallest absolute Gasteiger partial charge is 0.169 e. The van der Waals surface area contributed by atoms with Gasteiger partial charge in [-0.2, -0.15) is 0 Å². The maximum Gasteiger partial charge on any atom is 0.169 e. The zero-order valence-electron chi connectivity index (χ0n) is 9.54. The maximum atomic E-state index is 5.04. The van der Waals surface area contributed by atoms with Gasteiger partial charge in [0.1, 0.15) is 0 Å². The van der Waals surface area contributed by atoms with Gasteiger partial charge in [0.25, 0.3) is 0 Å². The molecule has 0 bridgehead atoms. The molecule has 1 N–H and O–H groups in total. The fourth-order valence-electron chi connectivity index (χ4n) is 1.16. The third kappa shape index (κ3) is 8.44. The van der Waals surface area contributed by atoms with Crippen molar-refractivity contribution in [2.45, 2.75) is 25.6 Å². The third-order valence-electron chi connectivity index (χ3n) is 2.04. The van der Waals surface area contributed by atoms with Gasteiger partial charge < -0.3 is 19.5 Å². The molecule has 0 amide bonds. The van der Waals surface area contributed by atoms with Crippen LogP contribution in [-0.4, -0.2) is 47.3 Å². The topological polar surface area (TPSA) is 39.7 Å². The molecule has 0 unspecified atom stereocenters. The summed E-state index contributed by atoms with van der Waals surface area (Å²) in [6.45, 7) is 2.61. The molecule has 0 aromatic carbocycles. The summed E-state index contributed by atoms with van der Waals surface area (Å²) in [6.07, 6.45) is 3.37. The molecule has 14 heavy (non-hydrogen) atoms. The Balaban J connectivity index is 3.04. The zero-order chi connectivity index (χ0) is 10.6. The minimum atomic E-state index is -0.131. The average molecular weight is 205 g/mol. The van der Waals surface area contributed by atoms with Crippen LogP contribution >= 0.6 is 0 Å². The highest BCUT2D eigenvalue weighted by atomic mass is 16.7. The van der Waals surface area contributed by atoms with Crippen LogP contribution in [0.4, 0.5) is 0 Å². The van der Waals surface area contributed by atoms with Crippen molar-refractivity contribution in [2.75, 3.05) is 41.0 Å². The standard InChI is InChI=1S/C10H23NO3/c1-12-8-6-4-5-7-11-9-10(13-2)14-3/h10-11H,4-9H2,1-3H3. The molecule has 0 atom stereocenters. The number of nitrogens with one attached hydrogen (secondary N) is 1. The van der Waals surface area contributed by atoms with E-state index in [9.17, 15) is 0 Å². The summed E-state index contributed by atoms with van der Waals surface area (Å²) in [5, 5.41) is 3.27. The predicted molar refractivity (Wildman–Crippen MR) is 56.4 cm³/mol. The maximum absolute atomic E-state index is 5.04. The van der Waals surface area contributed by atoms with Crippen molar-refractivity contribution in [1.29, 1.82) is 0 Å². The van der Waals surface area contributed by atoms with Crippen LogP contribution in [0.5, 0.6) is 0 Å². The van der Waals surface area contributed by atoms with Gasteiger partial charge in [0.05, 0.1) is 0 Å². The Labute approximate surface area is 86.9 Å². The molecule has 0 heterocycles. The number of unbranched alkanes of at least 4 members (excludes halogenated alkanes) is 2. The molecule has 0 saturated heterocycles. The Morgan fingerprint density at radius 1 is 1.00 bits per heavy atom. The van der Waals surface area contributed by atoms with Crippen LogP contribution in [0.2, 0.25) is 0 Å². The van der Waals surface area contributed by atoms with E-state index in [2.05, 4.69) is 5.32 Å². The molecule has 86 valence electrons. The normalized spacial score (nSPS) is 11.1. The van der Waals surface area contributed by atoms with Crippen molar-refractivity contribution >= 4 is 0 Å². The van der Waals surface area contributed by atoms with Gasteiger partial charge >= 0.3 is 0 Å². The quantitative estimate of drug-likeness (QED) is 0.427. The Kier molecular flexibility index (Phi) is 10.8. The van der Waals surface area contributed by atoms with Crippen molar-refractivity contribution in [1.82, 2.24) is 5.32 Å². The molecule has 0 saturated carbocycles. The summed E-state index contributed by atoms with van der Waals surface area (Å²) >= 11 is 0. The third-order valence-corrected chi connectivity index (χ3v) is 2.04. The first kappa shape index (κ1) is 13.8. The van der Waals surface area contributed by atoms with Gasteiger partial charge in [-0.15, -0.1) is 0 Å². The Morgan fingerprint density at radius 2 is 1.71 bits per heavy atom. The second kappa shape index (κ2) is 10.9. The van der Waals surface area contributed by atoms with Crippen molar-refractivity contribution in [3.05, 3.63) is 0 Å². The molecule has 0 rings (SSSR count). The molecular formula is C10H23NO3. The Bertz CT molecular complexity index is 108. The molecular weight excluding hydrogens is 182 g/mol. The van der Waals surface area contributed by atoms with Crippen molar-refractivity contribution < 1.29 is 14.2 Å². The van der Waals surface area contributed by atoms with Gasteiger partial charge in [-0.05, 0) is 25.8 Å². The molecule has 4 nitrogen and oxygen atoms in total. The SMILES string of the molecule is COCCCCCNCC(OC)OC. The number of hydrogen-bond acceptors (Lipinski definition) is 4. The first-order valence-electron chi connectivity index (χ1n) is 5.10. The van der Waals surface area contributed by atoms with Crippen LogP contribution < -0.4 is 5.32 Å². The fourth-order valence-corrected chi connectivity index (χ4v) is 1.16. The lowest BCUT2D eigenvalue weighted by Crippen LogP contribution is -2.30. The highest BCUT2D eigenvalue weighted by Crippen LogP contribution is 1.94. The van der Waals surface area contributed by atoms with Crippen LogP contribution in [0.1, 0.15) is 19.3 Å². The summed E-state index contributed by atoms with van der Waals surface area (Å²) in [5.74, 6) is 0. The van der Waals surface area contributed by atoms with Gasteiger partial charge in [-0.1, -0.05) is 0 Å². The highest BCUT2D eigenvalue weighted by molar-refractivity contribution is 4.51. The van der Waals surface area contributed by atoms with E-state index in [1.54, 1.807) is 21.3 Å². The molecule has 0 fully saturated rings. The van der Waals surface area contributed by atoms with E-state index in [1.807, 2.05) is 0 Å². The summed E-state index contributed by atoms with van der Waals surface area (Å²) in [6, 6.07) is 0. The summed E-state index contributed by atoms with van der Waals surface area (Å²) in [7, 11) is 5.03. The monoisotopic (exact) mass is 205 g/mol. The highest BCUT2D eigenvalue weighted by Gasteiger charge is 2.02. The molecule has 0 aliphatic rings. The van der Waals surface area contributed by atoms with E-state index in [1.165, 1.54) is 12.8 Å². The first-order chi connectivity index (χ1) is 6.85. The van der Waals surface area contributed by atoms with E-state index in [0.29, 0.717) is 0 Å². The van der Waals surface area contributed by atoms with Crippen LogP contribution in [0.3, 0.4) is 0 Å². The lowest BCUT2D eigenvalue weighted by Gasteiger charge is -2.13. The van der Waals surface area contributed by atoms with Gasteiger partial charge in [0, 0.05) is 34.5 Å². The number of ether oxygens (including phenoxy) is 3. The predicted octanol–water partition coefficient (Wildman–Crippen LogP) is 1.01. The van der Waals surface area contributed by atoms with E-state index in [-0.39, 0.29) is 6.29 Å². The van der Waals surface area contributed by atoms with Crippen molar-refractivity contribution in [2.24, 2.45) is 0 Å².